The predicted octanol–water partition coefficient (Wildman–Crippen LogP) is 4.90. The van der Waals surface area contributed by atoms with Crippen molar-refractivity contribution in [1.82, 2.24) is 20.0 Å². The lowest BCUT2D eigenvalue weighted by atomic mass is 10.1. The summed E-state index contributed by atoms with van der Waals surface area (Å²) in [5.74, 6) is 1.58. The van der Waals surface area contributed by atoms with Crippen LogP contribution in [0.25, 0.3) is 22.4 Å². The van der Waals surface area contributed by atoms with Gasteiger partial charge in [0.25, 0.3) is 5.71 Å². The molecule has 1 saturated heterocycles. The summed E-state index contributed by atoms with van der Waals surface area (Å²) < 4.78 is 5.66. The van der Waals surface area contributed by atoms with Crippen LogP contribution in [0.15, 0.2) is 59.1 Å². The number of rotatable bonds is 5. The summed E-state index contributed by atoms with van der Waals surface area (Å²) in [7, 11) is 0. The molecule has 8 nitrogen and oxygen atoms in total. The van der Waals surface area contributed by atoms with E-state index in [-0.39, 0.29) is 6.03 Å². The second-order valence-corrected chi connectivity index (χ2v) is 8.51. The summed E-state index contributed by atoms with van der Waals surface area (Å²) in [6, 6.07) is 17.7. The summed E-state index contributed by atoms with van der Waals surface area (Å²) in [4.78, 5) is 26.5. The van der Waals surface area contributed by atoms with Gasteiger partial charge in [-0.15, -0.1) is 0 Å². The highest BCUT2D eigenvalue weighted by Gasteiger charge is 2.27. The molecule has 3 heterocycles. The van der Waals surface area contributed by atoms with Crippen LogP contribution in [0.1, 0.15) is 24.7 Å². The first-order chi connectivity index (χ1) is 16.6. The number of benzene rings is 2. The van der Waals surface area contributed by atoms with Crippen molar-refractivity contribution in [1.29, 1.82) is 0 Å². The molecule has 4 aromatic rings. The molecule has 0 spiro atoms. The van der Waals surface area contributed by atoms with Crippen molar-refractivity contribution in [3.8, 4) is 11.3 Å². The molecule has 0 bridgehead atoms. The molecule has 0 atom stereocenters. The van der Waals surface area contributed by atoms with Crippen molar-refractivity contribution in [3.05, 3.63) is 66.0 Å². The summed E-state index contributed by atoms with van der Waals surface area (Å²) >= 11 is 0. The zero-order chi connectivity index (χ0) is 23.5. The Morgan fingerprint density at radius 3 is 2.47 bits per heavy atom. The third kappa shape index (κ3) is 4.31. The van der Waals surface area contributed by atoms with Crippen LogP contribution < -0.4 is 10.2 Å². The van der Waals surface area contributed by atoms with Crippen LogP contribution in [0.2, 0.25) is 0 Å². The van der Waals surface area contributed by atoms with Gasteiger partial charge in [0.15, 0.2) is 0 Å². The molecule has 0 radical (unpaired) electrons. The number of hydrogen-bond donors (Lipinski definition) is 1. The number of fused-ring (bicyclic) bond motifs is 1. The molecule has 8 heteroatoms. The van der Waals surface area contributed by atoms with Gasteiger partial charge in [0, 0.05) is 43.9 Å². The topological polar surface area (TPSA) is 87.4 Å². The molecule has 1 N–H and O–H groups in total. The molecule has 2 aromatic heterocycles. The van der Waals surface area contributed by atoms with Crippen LogP contribution in [0.4, 0.5) is 16.3 Å². The van der Waals surface area contributed by atoms with Crippen molar-refractivity contribution in [2.45, 2.75) is 26.7 Å². The number of nitrogens with zero attached hydrogens (tertiary/aromatic N) is 5. The largest absolute Gasteiger partial charge is 0.352 e. The van der Waals surface area contributed by atoms with E-state index in [1.165, 1.54) is 0 Å². The van der Waals surface area contributed by atoms with Crippen molar-refractivity contribution < 1.29 is 9.32 Å². The van der Waals surface area contributed by atoms with E-state index in [2.05, 4.69) is 27.3 Å². The van der Waals surface area contributed by atoms with Gasteiger partial charge in [-0.05, 0) is 25.0 Å². The quantitative estimate of drug-likeness (QED) is 0.460. The second-order valence-electron chi connectivity index (χ2n) is 8.51. The Hall–Kier alpha value is -3.94. The summed E-state index contributed by atoms with van der Waals surface area (Å²) in [6.07, 6.45) is 1.71. The molecule has 1 fully saturated rings. The third-order valence-corrected chi connectivity index (χ3v) is 6.14. The van der Waals surface area contributed by atoms with Crippen LogP contribution >= 0.6 is 0 Å². The van der Waals surface area contributed by atoms with Gasteiger partial charge < -0.3 is 19.6 Å². The van der Waals surface area contributed by atoms with Crippen molar-refractivity contribution in [2.75, 3.05) is 36.4 Å². The fourth-order valence-electron chi connectivity index (χ4n) is 4.27. The Labute approximate surface area is 198 Å². The Morgan fingerprint density at radius 2 is 1.74 bits per heavy atom. The van der Waals surface area contributed by atoms with Crippen LogP contribution in [0, 0.1) is 6.92 Å². The second kappa shape index (κ2) is 9.51. The minimum atomic E-state index is -0.0802. The molecule has 0 unspecified atom stereocenters. The van der Waals surface area contributed by atoms with Gasteiger partial charge >= 0.3 is 6.03 Å². The van der Waals surface area contributed by atoms with Gasteiger partial charge in [0.2, 0.25) is 0 Å². The molecular formula is C26H28N6O2. The molecule has 1 aliphatic heterocycles. The third-order valence-electron chi connectivity index (χ3n) is 6.14. The van der Waals surface area contributed by atoms with Gasteiger partial charge in [0.05, 0.1) is 0 Å². The molecule has 34 heavy (non-hydrogen) atoms. The monoisotopic (exact) mass is 456 g/mol. The zero-order valence-electron chi connectivity index (χ0n) is 19.5. The highest BCUT2D eigenvalue weighted by Crippen LogP contribution is 2.34. The molecule has 0 aliphatic carbocycles. The fraction of sp³-hybridized carbons (Fsp3) is 0.308. The van der Waals surface area contributed by atoms with Gasteiger partial charge in [-0.1, -0.05) is 60.6 Å². The van der Waals surface area contributed by atoms with E-state index in [9.17, 15) is 4.79 Å². The number of nitrogens with one attached hydrogen (secondary N) is 1. The van der Waals surface area contributed by atoms with Crippen LogP contribution in [-0.2, 0) is 6.42 Å². The van der Waals surface area contributed by atoms with Crippen molar-refractivity contribution in [3.63, 3.8) is 0 Å². The summed E-state index contributed by atoms with van der Waals surface area (Å²) in [5, 5.41) is 8.20. The van der Waals surface area contributed by atoms with Crippen molar-refractivity contribution in [2.24, 2.45) is 0 Å². The average molecular weight is 457 g/mol. The average Bonchev–Trinajstić information content (AvgIpc) is 3.30. The van der Waals surface area contributed by atoms with E-state index < -0.39 is 0 Å². The minimum absolute atomic E-state index is 0.0802. The Bertz CT molecular complexity index is 1300. The highest BCUT2D eigenvalue weighted by molar-refractivity contribution is 5.98. The predicted molar refractivity (Wildman–Crippen MR) is 133 cm³/mol. The van der Waals surface area contributed by atoms with Gasteiger partial charge in [0.1, 0.15) is 22.7 Å². The molecule has 2 amide bonds. The lowest BCUT2D eigenvalue weighted by Gasteiger charge is -2.35. The molecule has 5 rings (SSSR count). The van der Waals surface area contributed by atoms with E-state index in [0.29, 0.717) is 31.9 Å². The van der Waals surface area contributed by atoms with Crippen LogP contribution in [0.3, 0.4) is 0 Å². The lowest BCUT2D eigenvalue weighted by Crippen LogP contribution is -2.50. The maximum absolute atomic E-state index is 12.9. The first-order valence-corrected chi connectivity index (χ1v) is 11.7. The molecule has 174 valence electrons. The Kier molecular flexibility index (Phi) is 6.12. The van der Waals surface area contributed by atoms with Crippen molar-refractivity contribution >= 4 is 28.6 Å². The van der Waals surface area contributed by atoms with Crippen LogP contribution in [0.5, 0.6) is 0 Å². The van der Waals surface area contributed by atoms with Gasteiger partial charge in [-0.3, -0.25) is 0 Å². The lowest BCUT2D eigenvalue weighted by molar-refractivity contribution is 0.208. The number of aromatic nitrogens is 3. The standard InChI is InChI=1S/C26H28N6O2/c1-3-9-21-28-24(22-23(30-34-25(22)29-21)19-11-5-4-6-12-19)31-14-16-32(17-15-31)26(33)27-20-13-8-7-10-18(20)2/h4-8,10-13H,3,9,14-17H2,1-2H3,(H,27,33). The first-order valence-electron chi connectivity index (χ1n) is 11.7. The smallest absolute Gasteiger partial charge is 0.321 e. The highest BCUT2D eigenvalue weighted by atomic mass is 16.5. The van der Waals surface area contributed by atoms with E-state index >= 15 is 0 Å². The number of amides is 2. The number of para-hydroxylation sites is 1. The molecular weight excluding hydrogens is 428 g/mol. The normalized spacial score (nSPS) is 13.9. The first kappa shape index (κ1) is 21.9. The number of hydrogen-bond acceptors (Lipinski definition) is 6. The van der Waals surface area contributed by atoms with Crippen LogP contribution in [-0.4, -0.2) is 52.2 Å². The summed E-state index contributed by atoms with van der Waals surface area (Å²) in [5.41, 5.74) is 4.10. The number of aryl methyl sites for hydroxylation is 2. The van der Waals surface area contributed by atoms with Gasteiger partial charge in [-0.25, -0.2) is 9.78 Å². The maximum atomic E-state index is 12.9. The van der Waals surface area contributed by atoms with E-state index in [1.807, 2.05) is 66.4 Å². The number of anilines is 2. The van der Waals surface area contributed by atoms with E-state index in [4.69, 9.17) is 9.51 Å². The summed E-state index contributed by atoms with van der Waals surface area (Å²) in [6.45, 7) is 6.62. The zero-order valence-corrected chi connectivity index (χ0v) is 19.5. The Balaban J connectivity index is 1.40. The Morgan fingerprint density at radius 1 is 1.00 bits per heavy atom. The van der Waals surface area contributed by atoms with E-state index in [1.54, 1.807) is 0 Å². The maximum Gasteiger partial charge on any atom is 0.321 e. The SMILES string of the molecule is CCCc1nc(N2CCN(C(=O)Nc3ccccc3C)CC2)c2c(-c3ccccc3)noc2n1. The minimum Gasteiger partial charge on any atom is -0.352 e. The fourth-order valence-corrected chi connectivity index (χ4v) is 4.27. The number of carbonyl (C=O) groups excluding carboxylic acids is 1. The molecule has 2 aromatic carbocycles. The molecule has 0 saturated carbocycles. The number of carbonyl (C=O) groups is 1. The number of urea groups is 1. The number of piperazine rings is 1. The van der Waals surface area contributed by atoms with E-state index in [0.717, 1.165) is 52.4 Å². The van der Waals surface area contributed by atoms with Gasteiger partial charge in [-0.2, -0.15) is 4.98 Å². The molecule has 1 aliphatic rings.